The van der Waals surface area contributed by atoms with Crippen LogP contribution < -0.4 is 14.8 Å². The minimum Gasteiger partial charge on any atom is -0.493 e. The minimum atomic E-state index is -0.388. The predicted octanol–water partition coefficient (Wildman–Crippen LogP) is 3.35. The Labute approximate surface area is 169 Å². The highest BCUT2D eigenvalue weighted by Crippen LogP contribution is 2.27. The Bertz CT molecular complexity index is 792. The summed E-state index contributed by atoms with van der Waals surface area (Å²) >= 11 is 1.58. The molecule has 0 aliphatic rings. The van der Waals surface area contributed by atoms with E-state index in [-0.39, 0.29) is 24.9 Å². The standard InChI is InChI=1S/C21H25NO5S/c1-15-4-7-17(8-5-15)28-11-10-21(24)27-14-20(23)22-13-16-6-9-18(25-2)19(12-16)26-3/h4-9,12H,10-11,13-14H2,1-3H3,(H,22,23). The Morgan fingerprint density at radius 2 is 1.71 bits per heavy atom. The summed E-state index contributed by atoms with van der Waals surface area (Å²) in [4.78, 5) is 24.8. The molecule has 0 atom stereocenters. The number of thioether (sulfide) groups is 1. The molecule has 7 heteroatoms. The quantitative estimate of drug-likeness (QED) is 0.484. The molecule has 1 N–H and O–H groups in total. The molecule has 2 aromatic rings. The summed E-state index contributed by atoms with van der Waals surface area (Å²) < 4.78 is 15.4. The van der Waals surface area contributed by atoms with Gasteiger partial charge in [0.15, 0.2) is 18.1 Å². The molecule has 0 aliphatic carbocycles. The molecule has 0 aromatic heterocycles. The third-order valence-corrected chi connectivity index (χ3v) is 4.91. The van der Waals surface area contributed by atoms with Crippen LogP contribution in [-0.4, -0.2) is 38.5 Å². The Kier molecular flexibility index (Phi) is 8.68. The average Bonchev–Trinajstić information content (AvgIpc) is 2.71. The Balaban J connectivity index is 1.66. The fourth-order valence-corrected chi connectivity index (χ4v) is 3.18. The van der Waals surface area contributed by atoms with E-state index in [9.17, 15) is 9.59 Å². The molecular formula is C21H25NO5S. The van der Waals surface area contributed by atoms with E-state index in [0.717, 1.165) is 10.5 Å². The molecule has 0 radical (unpaired) electrons. The van der Waals surface area contributed by atoms with E-state index in [0.29, 0.717) is 23.8 Å². The lowest BCUT2D eigenvalue weighted by atomic mass is 10.2. The predicted molar refractivity (Wildman–Crippen MR) is 109 cm³/mol. The highest BCUT2D eigenvalue weighted by molar-refractivity contribution is 7.99. The average molecular weight is 404 g/mol. The van der Waals surface area contributed by atoms with Crippen molar-refractivity contribution in [3.63, 3.8) is 0 Å². The van der Waals surface area contributed by atoms with Crippen molar-refractivity contribution < 1.29 is 23.8 Å². The van der Waals surface area contributed by atoms with Crippen molar-refractivity contribution >= 4 is 23.6 Å². The molecule has 6 nitrogen and oxygen atoms in total. The zero-order valence-electron chi connectivity index (χ0n) is 16.3. The number of nitrogens with one attached hydrogen (secondary N) is 1. The van der Waals surface area contributed by atoms with Gasteiger partial charge in [-0.15, -0.1) is 11.8 Å². The maximum absolute atomic E-state index is 11.9. The minimum absolute atomic E-state index is 0.251. The van der Waals surface area contributed by atoms with Crippen molar-refractivity contribution in [1.82, 2.24) is 5.32 Å². The number of esters is 1. The van der Waals surface area contributed by atoms with Crippen LogP contribution >= 0.6 is 11.8 Å². The van der Waals surface area contributed by atoms with Crippen molar-refractivity contribution in [3.05, 3.63) is 53.6 Å². The van der Waals surface area contributed by atoms with Crippen LogP contribution in [0.1, 0.15) is 17.5 Å². The van der Waals surface area contributed by atoms with Gasteiger partial charge in [0.2, 0.25) is 0 Å². The molecule has 150 valence electrons. The van der Waals surface area contributed by atoms with Gasteiger partial charge in [-0.2, -0.15) is 0 Å². The van der Waals surface area contributed by atoms with E-state index in [1.807, 2.05) is 37.3 Å². The van der Waals surface area contributed by atoms with Crippen molar-refractivity contribution in [3.8, 4) is 11.5 Å². The largest absolute Gasteiger partial charge is 0.493 e. The molecule has 2 aromatic carbocycles. The number of benzene rings is 2. The zero-order valence-corrected chi connectivity index (χ0v) is 17.1. The van der Waals surface area contributed by atoms with Gasteiger partial charge in [-0.1, -0.05) is 23.8 Å². The van der Waals surface area contributed by atoms with Gasteiger partial charge in [0.25, 0.3) is 5.91 Å². The highest BCUT2D eigenvalue weighted by Gasteiger charge is 2.09. The van der Waals surface area contributed by atoms with E-state index < -0.39 is 0 Å². The second kappa shape index (κ2) is 11.2. The van der Waals surface area contributed by atoms with E-state index in [1.54, 1.807) is 38.1 Å². The Hall–Kier alpha value is -2.67. The molecule has 2 rings (SSSR count). The molecule has 0 spiro atoms. The number of amides is 1. The van der Waals surface area contributed by atoms with Crippen molar-refractivity contribution in [2.24, 2.45) is 0 Å². The first kappa shape index (κ1) is 21.6. The SMILES string of the molecule is COc1ccc(CNC(=O)COC(=O)CCSc2ccc(C)cc2)cc1OC. The molecule has 1 amide bonds. The number of carbonyl (C=O) groups is 2. The van der Waals surface area contributed by atoms with Crippen molar-refractivity contribution in [2.75, 3.05) is 26.6 Å². The molecule has 0 unspecified atom stereocenters. The third-order valence-electron chi connectivity index (χ3n) is 3.90. The summed E-state index contributed by atoms with van der Waals surface area (Å²) in [7, 11) is 3.11. The fraction of sp³-hybridized carbons (Fsp3) is 0.333. The summed E-state index contributed by atoms with van der Waals surface area (Å²) in [5.41, 5.74) is 2.05. The molecule has 0 saturated heterocycles. The Morgan fingerprint density at radius 1 is 1.00 bits per heavy atom. The van der Waals surface area contributed by atoms with Gasteiger partial charge < -0.3 is 19.5 Å². The molecule has 0 heterocycles. The Morgan fingerprint density at radius 3 is 2.39 bits per heavy atom. The van der Waals surface area contributed by atoms with Gasteiger partial charge in [-0.3, -0.25) is 9.59 Å². The van der Waals surface area contributed by atoms with Crippen LogP contribution in [0.3, 0.4) is 0 Å². The smallest absolute Gasteiger partial charge is 0.307 e. The second-order valence-corrected chi connectivity index (χ2v) is 7.21. The normalized spacial score (nSPS) is 10.2. The lowest BCUT2D eigenvalue weighted by Gasteiger charge is -2.10. The first-order valence-electron chi connectivity index (χ1n) is 8.84. The maximum Gasteiger partial charge on any atom is 0.307 e. The second-order valence-electron chi connectivity index (χ2n) is 6.04. The number of aryl methyl sites for hydroxylation is 1. The summed E-state index contributed by atoms with van der Waals surface area (Å²) in [5.74, 6) is 1.08. The van der Waals surface area contributed by atoms with Gasteiger partial charge in [0.05, 0.1) is 20.6 Å². The summed E-state index contributed by atoms with van der Waals surface area (Å²) in [6, 6.07) is 13.5. The fourth-order valence-electron chi connectivity index (χ4n) is 2.35. The van der Waals surface area contributed by atoms with Crippen LogP contribution in [-0.2, 0) is 20.9 Å². The topological polar surface area (TPSA) is 73.9 Å². The molecular weight excluding hydrogens is 378 g/mol. The van der Waals surface area contributed by atoms with E-state index in [2.05, 4.69) is 5.32 Å². The lowest BCUT2D eigenvalue weighted by molar-refractivity contribution is -0.148. The number of methoxy groups -OCH3 is 2. The summed E-state index contributed by atoms with van der Waals surface area (Å²) in [6.45, 7) is 2.04. The maximum atomic E-state index is 11.9. The van der Waals surface area contributed by atoms with E-state index in [1.165, 1.54) is 5.56 Å². The summed E-state index contributed by atoms with van der Waals surface area (Å²) in [5, 5.41) is 2.71. The lowest BCUT2D eigenvalue weighted by Crippen LogP contribution is -2.28. The van der Waals surface area contributed by atoms with Crippen LogP contribution in [0.15, 0.2) is 47.4 Å². The van der Waals surface area contributed by atoms with Crippen molar-refractivity contribution in [2.45, 2.75) is 24.8 Å². The van der Waals surface area contributed by atoms with E-state index >= 15 is 0 Å². The van der Waals surface area contributed by atoms with Gasteiger partial charge in [0, 0.05) is 17.2 Å². The zero-order chi connectivity index (χ0) is 20.4. The van der Waals surface area contributed by atoms with Crippen LogP contribution in [0.4, 0.5) is 0 Å². The van der Waals surface area contributed by atoms with Crippen molar-refractivity contribution in [1.29, 1.82) is 0 Å². The van der Waals surface area contributed by atoms with Crippen LogP contribution in [0.25, 0.3) is 0 Å². The summed E-state index contributed by atoms with van der Waals surface area (Å²) in [6.07, 6.45) is 0.251. The number of ether oxygens (including phenoxy) is 3. The first-order valence-corrected chi connectivity index (χ1v) is 9.83. The number of rotatable bonds is 10. The van der Waals surface area contributed by atoms with Crippen LogP contribution in [0.5, 0.6) is 11.5 Å². The molecule has 0 aliphatic heterocycles. The molecule has 0 bridgehead atoms. The number of hydrogen-bond donors (Lipinski definition) is 1. The molecule has 28 heavy (non-hydrogen) atoms. The number of carbonyl (C=O) groups excluding carboxylic acids is 2. The van der Waals surface area contributed by atoms with E-state index in [4.69, 9.17) is 14.2 Å². The van der Waals surface area contributed by atoms with Crippen LogP contribution in [0, 0.1) is 6.92 Å². The third kappa shape index (κ3) is 7.15. The molecule has 0 fully saturated rings. The number of hydrogen-bond acceptors (Lipinski definition) is 6. The van der Waals surface area contributed by atoms with Gasteiger partial charge >= 0.3 is 5.97 Å². The van der Waals surface area contributed by atoms with Crippen LogP contribution in [0.2, 0.25) is 0 Å². The highest BCUT2D eigenvalue weighted by atomic mass is 32.2. The van der Waals surface area contributed by atoms with Gasteiger partial charge in [-0.25, -0.2) is 0 Å². The molecule has 0 saturated carbocycles. The monoisotopic (exact) mass is 403 g/mol. The van der Waals surface area contributed by atoms with Gasteiger partial charge in [0.1, 0.15) is 0 Å². The first-order chi connectivity index (χ1) is 13.5. The van der Waals surface area contributed by atoms with Gasteiger partial charge in [-0.05, 0) is 36.8 Å².